The van der Waals surface area contributed by atoms with Crippen molar-refractivity contribution in [1.82, 2.24) is 0 Å². The first-order valence-corrected chi connectivity index (χ1v) is 15.0. The van der Waals surface area contributed by atoms with Gasteiger partial charge in [-0.3, -0.25) is 0 Å². The SMILES string of the molecule is C=C/C(=C\C=C/C)c1cc(C(=C)C)cc(C2=CCC(C)(C(=C(c3ccccc3)c3ccccc3)c3ccccc3)C=C2)c1. The second kappa shape index (κ2) is 13.4. The molecular formula is C43H40. The van der Waals surface area contributed by atoms with Gasteiger partial charge in [0.2, 0.25) is 0 Å². The van der Waals surface area contributed by atoms with Gasteiger partial charge in [-0.25, -0.2) is 0 Å². The second-order valence-electron chi connectivity index (χ2n) is 11.4. The van der Waals surface area contributed by atoms with Crippen molar-refractivity contribution in [3.05, 3.63) is 198 Å². The fraction of sp³-hybridized carbons (Fsp3) is 0.116. The summed E-state index contributed by atoms with van der Waals surface area (Å²) in [5, 5.41) is 0. The fourth-order valence-corrected chi connectivity index (χ4v) is 5.85. The van der Waals surface area contributed by atoms with Crippen LogP contribution in [0.2, 0.25) is 0 Å². The lowest BCUT2D eigenvalue weighted by Gasteiger charge is -2.34. The zero-order valence-electron chi connectivity index (χ0n) is 25.6. The normalized spacial score (nSPS) is 16.5. The lowest BCUT2D eigenvalue weighted by Crippen LogP contribution is -2.19. The van der Waals surface area contributed by atoms with Crippen molar-refractivity contribution in [3.63, 3.8) is 0 Å². The number of hydrogen-bond donors (Lipinski definition) is 0. The Morgan fingerprint density at radius 1 is 0.744 bits per heavy atom. The molecule has 4 aromatic rings. The molecule has 0 nitrogen and oxygen atoms in total. The quantitative estimate of drug-likeness (QED) is 0.142. The Balaban J connectivity index is 1.66. The monoisotopic (exact) mass is 556 g/mol. The van der Waals surface area contributed by atoms with Gasteiger partial charge in [0, 0.05) is 5.41 Å². The molecule has 212 valence electrons. The molecule has 0 saturated carbocycles. The summed E-state index contributed by atoms with van der Waals surface area (Å²) in [4.78, 5) is 0. The van der Waals surface area contributed by atoms with Gasteiger partial charge in [-0.2, -0.15) is 0 Å². The first-order valence-electron chi connectivity index (χ1n) is 15.0. The summed E-state index contributed by atoms with van der Waals surface area (Å²) in [6, 6.07) is 39.2. The first kappa shape index (κ1) is 29.5. The third kappa shape index (κ3) is 6.60. The van der Waals surface area contributed by atoms with E-state index < -0.39 is 0 Å². The van der Waals surface area contributed by atoms with Crippen molar-refractivity contribution >= 4 is 27.9 Å². The van der Waals surface area contributed by atoms with Crippen molar-refractivity contribution < 1.29 is 0 Å². The zero-order chi connectivity index (χ0) is 30.2. The summed E-state index contributed by atoms with van der Waals surface area (Å²) >= 11 is 0. The molecule has 5 rings (SSSR count). The highest BCUT2D eigenvalue weighted by atomic mass is 14.4. The molecule has 4 aromatic carbocycles. The van der Waals surface area contributed by atoms with Gasteiger partial charge in [-0.15, -0.1) is 0 Å². The van der Waals surface area contributed by atoms with Crippen LogP contribution < -0.4 is 0 Å². The molecule has 0 heteroatoms. The summed E-state index contributed by atoms with van der Waals surface area (Å²) in [5.74, 6) is 0. The third-order valence-electron chi connectivity index (χ3n) is 8.17. The Morgan fingerprint density at radius 3 is 1.79 bits per heavy atom. The molecule has 43 heavy (non-hydrogen) atoms. The Labute approximate surface area is 258 Å². The molecule has 0 amide bonds. The largest absolute Gasteiger partial charge is 0.0984 e. The molecule has 1 atom stereocenters. The van der Waals surface area contributed by atoms with E-state index in [9.17, 15) is 0 Å². The molecular weight excluding hydrogens is 516 g/mol. The molecule has 0 spiro atoms. The predicted molar refractivity (Wildman–Crippen MR) is 189 cm³/mol. The minimum absolute atomic E-state index is 0.223. The van der Waals surface area contributed by atoms with Gasteiger partial charge >= 0.3 is 0 Å². The standard InChI is InChI=1S/C43H40/c1-6-8-18-33(7-2)39-29-38(32(3)4)30-40(31-39)34-25-27-43(5,28-26-34)42(37-23-16-11-17-24-37)41(35-19-12-9-13-20-35)36-21-14-10-15-22-36/h6-27,29-31H,2-3,28H2,1,4-5H3/b8-6-,33-18+. The predicted octanol–water partition coefficient (Wildman–Crippen LogP) is 11.9. The summed E-state index contributed by atoms with van der Waals surface area (Å²) < 4.78 is 0. The molecule has 0 aromatic heterocycles. The van der Waals surface area contributed by atoms with E-state index in [2.05, 4.69) is 167 Å². The van der Waals surface area contributed by atoms with Crippen molar-refractivity contribution in [1.29, 1.82) is 0 Å². The third-order valence-corrected chi connectivity index (χ3v) is 8.17. The van der Waals surface area contributed by atoms with E-state index in [1.165, 1.54) is 39.0 Å². The van der Waals surface area contributed by atoms with Crippen molar-refractivity contribution in [2.45, 2.75) is 27.2 Å². The van der Waals surface area contributed by atoms with Crippen LogP contribution in [0.4, 0.5) is 0 Å². The zero-order valence-corrected chi connectivity index (χ0v) is 25.6. The summed E-state index contributed by atoms with van der Waals surface area (Å²) in [6.45, 7) is 14.8. The number of allylic oxidation sites excluding steroid dienone is 11. The van der Waals surface area contributed by atoms with E-state index in [0.717, 1.165) is 28.7 Å². The Bertz CT molecular complexity index is 1710. The van der Waals surface area contributed by atoms with Crippen LogP contribution in [0.3, 0.4) is 0 Å². The van der Waals surface area contributed by atoms with Crippen LogP contribution >= 0.6 is 0 Å². The number of rotatable bonds is 9. The Kier molecular flexibility index (Phi) is 9.18. The molecule has 0 heterocycles. The van der Waals surface area contributed by atoms with Gasteiger partial charge in [0.1, 0.15) is 0 Å². The maximum Gasteiger partial charge on any atom is 0.0154 e. The highest BCUT2D eigenvalue weighted by Crippen LogP contribution is 2.49. The smallest absolute Gasteiger partial charge is 0.0154 e. The minimum atomic E-state index is -0.223. The maximum absolute atomic E-state index is 4.25. The summed E-state index contributed by atoms with van der Waals surface area (Å²) in [5.41, 5.74) is 12.9. The van der Waals surface area contributed by atoms with E-state index in [1.54, 1.807) is 0 Å². The van der Waals surface area contributed by atoms with Gasteiger partial charge in [-0.1, -0.05) is 159 Å². The van der Waals surface area contributed by atoms with Crippen LogP contribution in [0.1, 0.15) is 60.6 Å². The summed E-state index contributed by atoms with van der Waals surface area (Å²) in [6.07, 6.45) is 16.1. The van der Waals surface area contributed by atoms with Gasteiger partial charge in [-0.05, 0) is 94.1 Å². The first-order chi connectivity index (χ1) is 20.9. The average Bonchev–Trinajstić information content (AvgIpc) is 3.05. The van der Waals surface area contributed by atoms with Crippen LogP contribution in [-0.4, -0.2) is 0 Å². The highest BCUT2D eigenvalue weighted by molar-refractivity contribution is 6.01. The van der Waals surface area contributed by atoms with Crippen LogP contribution in [-0.2, 0) is 0 Å². The lowest BCUT2D eigenvalue weighted by molar-refractivity contribution is 0.581. The van der Waals surface area contributed by atoms with E-state index >= 15 is 0 Å². The minimum Gasteiger partial charge on any atom is -0.0984 e. The lowest BCUT2D eigenvalue weighted by atomic mass is 9.69. The molecule has 1 aliphatic carbocycles. The van der Waals surface area contributed by atoms with Gasteiger partial charge in [0.25, 0.3) is 0 Å². The summed E-state index contributed by atoms with van der Waals surface area (Å²) in [7, 11) is 0. The van der Waals surface area contributed by atoms with E-state index in [4.69, 9.17) is 0 Å². The molecule has 0 radical (unpaired) electrons. The van der Waals surface area contributed by atoms with Crippen molar-refractivity contribution in [3.8, 4) is 0 Å². The molecule has 1 unspecified atom stereocenters. The molecule has 0 fully saturated rings. The van der Waals surface area contributed by atoms with Gasteiger partial charge < -0.3 is 0 Å². The molecule has 0 bridgehead atoms. The van der Waals surface area contributed by atoms with Crippen molar-refractivity contribution in [2.75, 3.05) is 0 Å². The Morgan fingerprint density at radius 2 is 1.30 bits per heavy atom. The number of benzene rings is 4. The Hall–Kier alpha value is -4.94. The molecule has 0 aliphatic heterocycles. The van der Waals surface area contributed by atoms with Crippen molar-refractivity contribution in [2.24, 2.45) is 5.41 Å². The van der Waals surface area contributed by atoms with E-state index in [0.29, 0.717) is 0 Å². The van der Waals surface area contributed by atoms with Crippen LogP contribution in [0.25, 0.3) is 27.9 Å². The van der Waals surface area contributed by atoms with Crippen LogP contribution in [0.5, 0.6) is 0 Å². The number of hydrogen-bond acceptors (Lipinski definition) is 0. The van der Waals surface area contributed by atoms with Crippen LogP contribution in [0.15, 0.2) is 165 Å². The molecule has 0 saturated heterocycles. The second-order valence-corrected chi connectivity index (χ2v) is 11.4. The van der Waals surface area contributed by atoms with Gasteiger partial charge in [0.15, 0.2) is 0 Å². The molecule has 0 N–H and O–H groups in total. The van der Waals surface area contributed by atoms with E-state index in [-0.39, 0.29) is 5.41 Å². The van der Waals surface area contributed by atoms with E-state index in [1.807, 2.05) is 19.1 Å². The average molecular weight is 557 g/mol. The molecule has 1 aliphatic rings. The van der Waals surface area contributed by atoms with Crippen LogP contribution in [0, 0.1) is 5.41 Å². The fourth-order valence-electron chi connectivity index (χ4n) is 5.85. The highest BCUT2D eigenvalue weighted by Gasteiger charge is 2.32. The maximum atomic E-state index is 4.25. The topological polar surface area (TPSA) is 0 Å². The van der Waals surface area contributed by atoms with Gasteiger partial charge in [0.05, 0.1) is 0 Å².